The number of hydrogen-bond acceptors (Lipinski definition) is 3. The number of rotatable bonds is 5. The number of hydrogen-bond donors (Lipinski definition) is 2. The minimum atomic E-state index is -0.237. The molecular weight excluding hydrogens is 180 g/mol. The van der Waals surface area contributed by atoms with Crippen molar-refractivity contribution in [1.29, 1.82) is 0 Å². The molecule has 2 atom stereocenters. The van der Waals surface area contributed by atoms with Crippen molar-refractivity contribution < 1.29 is 9.90 Å². The number of likely N-dealkylation sites (N-methyl/N-ethyl adjacent to an activating group) is 1. The van der Waals surface area contributed by atoms with Gasteiger partial charge in [0.25, 0.3) is 0 Å². The first kappa shape index (κ1) is 11.5. The molecule has 1 aliphatic rings. The molecule has 1 amide bonds. The fourth-order valence-corrected chi connectivity index (χ4v) is 1.69. The van der Waals surface area contributed by atoms with E-state index in [1.807, 2.05) is 7.05 Å². The molecule has 1 heterocycles. The molecule has 0 aromatic carbocycles. The molecule has 0 bridgehead atoms. The van der Waals surface area contributed by atoms with Crippen molar-refractivity contribution in [3.63, 3.8) is 0 Å². The summed E-state index contributed by atoms with van der Waals surface area (Å²) < 4.78 is 0. The highest BCUT2D eigenvalue weighted by Crippen LogP contribution is 2.08. The van der Waals surface area contributed by atoms with Crippen molar-refractivity contribution in [2.75, 3.05) is 20.1 Å². The van der Waals surface area contributed by atoms with Crippen molar-refractivity contribution >= 4 is 5.91 Å². The number of carbonyl (C=O) groups excluding carboxylic acids is 1. The molecule has 4 nitrogen and oxygen atoms in total. The van der Waals surface area contributed by atoms with Crippen LogP contribution in [0.3, 0.4) is 0 Å². The van der Waals surface area contributed by atoms with E-state index in [2.05, 4.69) is 5.32 Å². The first-order valence-corrected chi connectivity index (χ1v) is 5.27. The molecule has 1 saturated heterocycles. The van der Waals surface area contributed by atoms with Crippen LogP contribution in [-0.4, -0.2) is 48.2 Å². The van der Waals surface area contributed by atoms with E-state index in [0.717, 1.165) is 32.4 Å². The smallest absolute Gasteiger partial charge is 0.239 e. The average molecular weight is 200 g/mol. The summed E-state index contributed by atoms with van der Waals surface area (Å²) in [5.74, 6) is 0.196. The molecule has 0 aliphatic carbocycles. The van der Waals surface area contributed by atoms with Crippen LogP contribution in [0.1, 0.15) is 26.2 Å². The molecule has 14 heavy (non-hydrogen) atoms. The Morgan fingerprint density at radius 1 is 1.71 bits per heavy atom. The predicted molar refractivity (Wildman–Crippen MR) is 55.0 cm³/mol. The number of aliphatic hydroxyl groups excluding tert-OH is 1. The zero-order valence-electron chi connectivity index (χ0n) is 8.99. The van der Waals surface area contributed by atoms with Gasteiger partial charge in [0.2, 0.25) is 5.91 Å². The number of amides is 1. The number of nitrogens with zero attached hydrogens (tertiary/aromatic N) is 1. The summed E-state index contributed by atoms with van der Waals surface area (Å²) in [5, 5.41) is 12.3. The maximum absolute atomic E-state index is 11.4. The second-order valence-electron chi connectivity index (χ2n) is 4.05. The van der Waals surface area contributed by atoms with E-state index in [1.165, 1.54) is 0 Å². The van der Waals surface area contributed by atoms with Gasteiger partial charge in [-0.15, -0.1) is 0 Å². The summed E-state index contributed by atoms with van der Waals surface area (Å²) in [6.45, 7) is 3.45. The van der Waals surface area contributed by atoms with Gasteiger partial charge in [-0.2, -0.15) is 0 Å². The Hall–Kier alpha value is -0.610. The summed E-state index contributed by atoms with van der Waals surface area (Å²) in [7, 11) is 1.83. The quantitative estimate of drug-likeness (QED) is 0.613. The zero-order chi connectivity index (χ0) is 10.6. The Morgan fingerprint density at radius 3 is 2.93 bits per heavy atom. The molecule has 2 unspecified atom stereocenters. The lowest BCUT2D eigenvalue weighted by Gasteiger charge is -2.12. The van der Waals surface area contributed by atoms with Crippen LogP contribution in [0, 0.1) is 0 Å². The highest BCUT2D eigenvalue weighted by Gasteiger charge is 2.27. The van der Waals surface area contributed by atoms with Crippen molar-refractivity contribution in [2.45, 2.75) is 38.3 Å². The van der Waals surface area contributed by atoms with E-state index in [1.54, 1.807) is 11.8 Å². The molecule has 4 heteroatoms. The van der Waals surface area contributed by atoms with Gasteiger partial charge < -0.3 is 15.3 Å². The fraction of sp³-hybridized carbons (Fsp3) is 0.900. The first-order chi connectivity index (χ1) is 6.61. The molecule has 0 aromatic rings. The van der Waals surface area contributed by atoms with Crippen molar-refractivity contribution in [3.8, 4) is 0 Å². The second kappa shape index (κ2) is 5.32. The third-order valence-electron chi connectivity index (χ3n) is 2.62. The first-order valence-electron chi connectivity index (χ1n) is 5.27. The van der Waals surface area contributed by atoms with Gasteiger partial charge in [0, 0.05) is 13.6 Å². The van der Waals surface area contributed by atoms with Gasteiger partial charge in [0.05, 0.1) is 12.1 Å². The largest absolute Gasteiger partial charge is 0.393 e. The van der Waals surface area contributed by atoms with Crippen LogP contribution >= 0.6 is 0 Å². The standard InChI is InChI=1S/C10H20N2O2/c1-8(13)4-3-6-11-9-5-7-12(2)10(9)14/h8-9,11,13H,3-7H2,1-2H3. The van der Waals surface area contributed by atoms with Crippen molar-refractivity contribution in [3.05, 3.63) is 0 Å². The van der Waals surface area contributed by atoms with Crippen LogP contribution in [0.15, 0.2) is 0 Å². The van der Waals surface area contributed by atoms with Gasteiger partial charge in [-0.1, -0.05) is 0 Å². The lowest BCUT2D eigenvalue weighted by molar-refractivity contribution is -0.128. The van der Waals surface area contributed by atoms with E-state index in [0.29, 0.717) is 0 Å². The van der Waals surface area contributed by atoms with Crippen molar-refractivity contribution in [2.24, 2.45) is 0 Å². The normalized spacial score (nSPS) is 24.4. The fourth-order valence-electron chi connectivity index (χ4n) is 1.69. The lowest BCUT2D eigenvalue weighted by Crippen LogP contribution is -2.37. The molecule has 0 spiro atoms. The Labute approximate surface area is 85.3 Å². The van der Waals surface area contributed by atoms with E-state index < -0.39 is 0 Å². The number of likely N-dealkylation sites (tertiary alicyclic amines) is 1. The molecule has 1 aliphatic heterocycles. The Balaban J connectivity index is 2.10. The van der Waals surface area contributed by atoms with Gasteiger partial charge in [-0.3, -0.25) is 4.79 Å². The molecule has 0 radical (unpaired) electrons. The zero-order valence-corrected chi connectivity index (χ0v) is 8.99. The van der Waals surface area contributed by atoms with Crippen LogP contribution in [0.4, 0.5) is 0 Å². The molecule has 2 N–H and O–H groups in total. The number of aliphatic hydroxyl groups is 1. The monoisotopic (exact) mass is 200 g/mol. The summed E-state index contributed by atoms with van der Waals surface area (Å²) in [6, 6.07) is 0.00833. The number of nitrogens with one attached hydrogen (secondary N) is 1. The van der Waals surface area contributed by atoms with E-state index in [-0.39, 0.29) is 18.1 Å². The van der Waals surface area contributed by atoms with Gasteiger partial charge in [-0.05, 0) is 32.7 Å². The minimum Gasteiger partial charge on any atom is -0.393 e. The van der Waals surface area contributed by atoms with Gasteiger partial charge in [0.15, 0.2) is 0 Å². The van der Waals surface area contributed by atoms with Crippen LogP contribution in [0.25, 0.3) is 0 Å². The highest BCUT2D eigenvalue weighted by molar-refractivity contribution is 5.83. The molecule has 1 fully saturated rings. The summed E-state index contributed by atoms with van der Waals surface area (Å²) >= 11 is 0. The van der Waals surface area contributed by atoms with Gasteiger partial charge >= 0.3 is 0 Å². The molecule has 0 aromatic heterocycles. The van der Waals surface area contributed by atoms with Crippen LogP contribution < -0.4 is 5.32 Å². The second-order valence-corrected chi connectivity index (χ2v) is 4.05. The predicted octanol–water partition coefficient (Wildman–Crippen LogP) is -0.0323. The Bertz CT molecular complexity index is 195. The van der Waals surface area contributed by atoms with Crippen LogP contribution in [0.5, 0.6) is 0 Å². The molecule has 1 rings (SSSR count). The Kier molecular flexibility index (Phi) is 4.35. The molecular formula is C10H20N2O2. The van der Waals surface area contributed by atoms with Crippen molar-refractivity contribution in [1.82, 2.24) is 10.2 Å². The topological polar surface area (TPSA) is 52.6 Å². The highest BCUT2D eigenvalue weighted by atomic mass is 16.3. The van der Waals surface area contributed by atoms with E-state index >= 15 is 0 Å². The summed E-state index contributed by atoms with van der Waals surface area (Å²) in [4.78, 5) is 13.2. The number of carbonyl (C=O) groups is 1. The lowest BCUT2D eigenvalue weighted by atomic mass is 10.2. The molecule has 82 valence electrons. The molecule has 0 saturated carbocycles. The third kappa shape index (κ3) is 3.27. The maximum atomic E-state index is 11.4. The van der Waals surface area contributed by atoms with Gasteiger partial charge in [0.1, 0.15) is 0 Å². The average Bonchev–Trinajstić information content (AvgIpc) is 2.43. The SMILES string of the molecule is CC(O)CCCNC1CCN(C)C1=O. The minimum absolute atomic E-state index is 0.00833. The van der Waals surface area contributed by atoms with Gasteiger partial charge in [-0.25, -0.2) is 0 Å². The maximum Gasteiger partial charge on any atom is 0.239 e. The van der Waals surface area contributed by atoms with E-state index in [9.17, 15) is 4.79 Å². The summed E-state index contributed by atoms with van der Waals surface area (Å²) in [5.41, 5.74) is 0. The van der Waals surface area contributed by atoms with Crippen LogP contribution in [-0.2, 0) is 4.79 Å². The Morgan fingerprint density at radius 2 is 2.43 bits per heavy atom. The third-order valence-corrected chi connectivity index (χ3v) is 2.62. The van der Waals surface area contributed by atoms with Crippen LogP contribution in [0.2, 0.25) is 0 Å². The van der Waals surface area contributed by atoms with E-state index in [4.69, 9.17) is 5.11 Å². The summed E-state index contributed by atoms with van der Waals surface area (Å²) in [6.07, 6.45) is 2.39.